The third-order valence-electron chi connectivity index (χ3n) is 5.57. The minimum atomic E-state index is -5.22. The van der Waals surface area contributed by atoms with Gasteiger partial charge in [0.25, 0.3) is 0 Å². The molecule has 1 N–H and O–H groups in total. The minimum Gasteiger partial charge on any atom is -0.364 e. The summed E-state index contributed by atoms with van der Waals surface area (Å²) in [4.78, 5) is 25.1. The first-order chi connectivity index (χ1) is 19.1. The summed E-state index contributed by atoms with van der Waals surface area (Å²) in [5.74, 6) is -0.889. The van der Waals surface area contributed by atoms with Gasteiger partial charge in [-0.1, -0.05) is 45.6 Å². The maximum Gasteiger partial charge on any atom is 0.433 e. The highest BCUT2D eigenvalue weighted by atomic mass is 19.4. The first-order valence-corrected chi connectivity index (χ1v) is 12.6. The summed E-state index contributed by atoms with van der Waals surface area (Å²) in [6.45, 7) is 11.9. The highest BCUT2D eigenvalue weighted by Crippen LogP contribution is 2.47. The molecule has 0 aliphatic heterocycles. The zero-order valence-corrected chi connectivity index (χ0v) is 24.7. The largest absolute Gasteiger partial charge is 0.433 e. The molecule has 0 saturated carbocycles. The van der Waals surface area contributed by atoms with Crippen molar-refractivity contribution in [2.24, 2.45) is 4.99 Å². The van der Waals surface area contributed by atoms with Crippen LogP contribution in [0, 0.1) is 6.92 Å². The molecule has 0 fully saturated rings. The molecule has 0 aliphatic rings. The Hall–Kier alpha value is -3.16. The molecule has 0 heterocycles. The highest BCUT2D eigenvalue weighted by Gasteiger charge is 2.61. The van der Waals surface area contributed by atoms with Crippen LogP contribution in [0.1, 0.15) is 68.9 Å². The van der Waals surface area contributed by atoms with E-state index in [1.807, 2.05) is 13.8 Å². The van der Waals surface area contributed by atoms with E-state index in [0.29, 0.717) is 18.7 Å². The molecule has 0 aromatic heterocycles. The van der Waals surface area contributed by atoms with Crippen molar-refractivity contribution in [1.29, 1.82) is 0 Å². The van der Waals surface area contributed by atoms with Crippen molar-refractivity contribution in [3.8, 4) is 0 Å². The number of hydrogen-bond donors (Lipinski definition) is 1. The number of methoxy groups -OCH3 is 1. The summed E-state index contributed by atoms with van der Waals surface area (Å²) >= 11 is 0. The third kappa shape index (κ3) is 12.0. The number of carbonyl (C=O) groups excluding carboxylic acids is 2. The van der Waals surface area contributed by atoms with Gasteiger partial charge in [-0.3, -0.25) is 14.6 Å². The van der Waals surface area contributed by atoms with E-state index in [-0.39, 0.29) is 28.9 Å². The van der Waals surface area contributed by atoms with E-state index in [1.165, 1.54) is 32.0 Å². The fourth-order valence-corrected chi connectivity index (χ4v) is 3.55. The van der Waals surface area contributed by atoms with Gasteiger partial charge in [0.1, 0.15) is 12.3 Å². The molecule has 14 heteroatoms. The van der Waals surface area contributed by atoms with E-state index in [2.05, 4.69) is 11.6 Å². The van der Waals surface area contributed by atoms with Crippen LogP contribution in [0.2, 0.25) is 0 Å². The van der Waals surface area contributed by atoms with Gasteiger partial charge in [-0.05, 0) is 43.5 Å². The first-order valence-electron chi connectivity index (χ1n) is 12.6. The Labute approximate surface area is 239 Å². The molecule has 5 nitrogen and oxygen atoms in total. The Bertz CT molecular complexity index is 1120. The van der Waals surface area contributed by atoms with Gasteiger partial charge in [-0.15, -0.1) is 0 Å². The zero-order chi connectivity index (χ0) is 33.7. The van der Waals surface area contributed by atoms with Crippen LogP contribution in [0.4, 0.5) is 39.5 Å². The van der Waals surface area contributed by atoms with Crippen molar-refractivity contribution in [3.05, 3.63) is 53.1 Å². The molecule has 1 rings (SSSR count). The number of ether oxygens (including phenoxy) is 1. The fourth-order valence-electron chi connectivity index (χ4n) is 3.55. The van der Waals surface area contributed by atoms with E-state index >= 15 is 0 Å². The second-order valence-electron chi connectivity index (χ2n) is 8.41. The van der Waals surface area contributed by atoms with Crippen LogP contribution in [-0.4, -0.2) is 62.2 Å². The van der Waals surface area contributed by atoms with Crippen molar-refractivity contribution in [2.75, 3.05) is 20.7 Å². The van der Waals surface area contributed by atoms with Gasteiger partial charge in [0.05, 0.1) is 0 Å². The normalized spacial score (nSPS) is 14.0. The number of nitrogens with zero attached hydrogens (tertiary/aromatic N) is 1. The Balaban J connectivity index is 0. The first kappa shape index (κ1) is 41.0. The lowest BCUT2D eigenvalue weighted by molar-refractivity contribution is -0.250. The number of nitrogens with one attached hydrogen (secondary N) is 1. The second kappa shape index (κ2) is 17.1. The van der Waals surface area contributed by atoms with Gasteiger partial charge >= 0.3 is 18.5 Å². The molecule has 42 heavy (non-hydrogen) atoms. The Morgan fingerprint density at radius 3 is 1.90 bits per heavy atom. The number of carbonyl (C=O) groups is 2. The second-order valence-corrected chi connectivity index (χ2v) is 8.41. The Morgan fingerprint density at radius 1 is 1.05 bits per heavy atom. The maximum absolute atomic E-state index is 14.2. The number of ketones is 1. The lowest BCUT2D eigenvalue weighted by Gasteiger charge is -2.38. The van der Waals surface area contributed by atoms with Gasteiger partial charge in [-0.25, -0.2) is 0 Å². The standard InChI is InChI=1S/C21H23F6NO2.C5H8F3NO.C2H6/c1-7-17(18(28-5)20(22,23)24)19(30-6,21(25,26)27)11-13(3)15-9-8-12(2)16(10-15)14(4)29;1-2-4(10)9-3-5(6,7)8;1-2/h7-10H,3,11H2,1-2,4-6H3;2-3H2,1H3,(H,9,10);1-2H3/b17-7+,28-18?;;. The number of hydrogen-bond acceptors (Lipinski definition) is 4. The zero-order valence-electron chi connectivity index (χ0n) is 24.7. The average Bonchev–Trinajstić information content (AvgIpc) is 2.88. The van der Waals surface area contributed by atoms with Crippen LogP contribution < -0.4 is 5.32 Å². The van der Waals surface area contributed by atoms with Gasteiger partial charge in [0.2, 0.25) is 5.91 Å². The van der Waals surface area contributed by atoms with E-state index in [9.17, 15) is 49.1 Å². The van der Waals surface area contributed by atoms with E-state index < -0.39 is 54.3 Å². The van der Waals surface area contributed by atoms with Crippen LogP contribution in [0.3, 0.4) is 0 Å². The number of Topliss-reactive ketones (excluding diaryl/α,β-unsaturated/α-hetero) is 1. The summed E-state index contributed by atoms with van der Waals surface area (Å²) in [5, 5.41) is 1.71. The number of halogens is 9. The minimum absolute atomic E-state index is 0.0794. The monoisotopic (exact) mass is 620 g/mol. The van der Waals surface area contributed by atoms with Crippen LogP contribution >= 0.6 is 0 Å². The summed E-state index contributed by atoms with van der Waals surface area (Å²) in [5.41, 5.74) is -5.26. The van der Waals surface area contributed by atoms with Crippen LogP contribution in [0.15, 0.2) is 41.4 Å². The predicted molar refractivity (Wildman–Crippen MR) is 145 cm³/mol. The summed E-state index contributed by atoms with van der Waals surface area (Å²) in [6, 6.07) is 4.35. The molecule has 240 valence electrons. The van der Waals surface area contributed by atoms with Gasteiger partial charge < -0.3 is 10.1 Å². The lowest BCUT2D eigenvalue weighted by Crippen LogP contribution is -2.52. The van der Waals surface area contributed by atoms with E-state index in [4.69, 9.17) is 4.74 Å². The Morgan fingerprint density at radius 2 is 1.57 bits per heavy atom. The smallest absolute Gasteiger partial charge is 0.364 e. The number of benzene rings is 1. The van der Waals surface area contributed by atoms with Crippen molar-refractivity contribution >= 4 is 23.0 Å². The predicted octanol–water partition coefficient (Wildman–Crippen LogP) is 8.23. The molecule has 1 amide bonds. The quantitative estimate of drug-likeness (QED) is 0.172. The molecule has 1 aromatic rings. The summed E-state index contributed by atoms with van der Waals surface area (Å²) in [6.07, 6.45) is -14.9. The number of aryl methyl sites for hydroxylation is 1. The number of rotatable bonds is 9. The molecule has 0 aliphatic carbocycles. The molecule has 1 unspecified atom stereocenters. The van der Waals surface area contributed by atoms with Crippen LogP contribution in [0.25, 0.3) is 5.57 Å². The average molecular weight is 621 g/mol. The van der Waals surface area contributed by atoms with Crippen molar-refractivity contribution in [1.82, 2.24) is 5.32 Å². The highest BCUT2D eigenvalue weighted by molar-refractivity contribution is 6.06. The van der Waals surface area contributed by atoms with Crippen LogP contribution in [0.5, 0.6) is 0 Å². The van der Waals surface area contributed by atoms with Crippen molar-refractivity contribution < 1.29 is 53.8 Å². The lowest BCUT2D eigenvalue weighted by atomic mass is 9.81. The molecule has 0 bridgehead atoms. The number of alkyl halides is 9. The van der Waals surface area contributed by atoms with Gasteiger partial charge in [-0.2, -0.15) is 39.5 Å². The molecule has 1 aromatic carbocycles. The van der Waals surface area contributed by atoms with Crippen LogP contribution in [-0.2, 0) is 9.53 Å². The fraction of sp³-hybridized carbons (Fsp3) is 0.536. The molecule has 0 radical (unpaired) electrons. The van der Waals surface area contributed by atoms with Gasteiger partial charge in [0, 0.05) is 38.1 Å². The molecular weight excluding hydrogens is 583 g/mol. The molecule has 1 atom stereocenters. The number of aliphatic imine (C=N–C) groups is 1. The molecular formula is C28H37F9N2O3. The van der Waals surface area contributed by atoms with E-state index in [0.717, 1.165) is 14.0 Å². The molecule has 0 saturated heterocycles. The summed E-state index contributed by atoms with van der Waals surface area (Å²) < 4.78 is 121. The SMILES string of the molecule is C=C(CC(OC)(/C(=C/C)C(=NC)C(F)(F)F)C(F)(F)F)c1ccc(C)c(C(C)=O)c1.CC.CCC(=O)NCC(F)(F)F. The summed E-state index contributed by atoms with van der Waals surface area (Å²) in [7, 11) is 1.45. The van der Waals surface area contributed by atoms with Crippen molar-refractivity contribution in [2.45, 2.75) is 78.5 Å². The third-order valence-corrected chi connectivity index (χ3v) is 5.57. The topological polar surface area (TPSA) is 67.8 Å². The van der Waals surface area contributed by atoms with E-state index in [1.54, 1.807) is 12.2 Å². The van der Waals surface area contributed by atoms with Crippen molar-refractivity contribution in [3.63, 3.8) is 0 Å². The molecule has 0 spiro atoms. The maximum atomic E-state index is 14.2. The number of amides is 1. The van der Waals surface area contributed by atoms with Gasteiger partial charge in [0.15, 0.2) is 11.4 Å². The number of allylic oxidation sites excluding steroid dienone is 1. The Kier molecular flexibility index (Phi) is 16.7.